The van der Waals surface area contributed by atoms with E-state index in [1.54, 1.807) is 0 Å². The van der Waals surface area contributed by atoms with Crippen molar-refractivity contribution in [2.45, 2.75) is 45.6 Å². The normalized spacial score (nSPS) is 18.4. The van der Waals surface area contributed by atoms with Gasteiger partial charge in [-0.3, -0.25) is 9.69 Å². The highest BCUT2D eigenvalue weighted by Gasteiger charge is 2.25. The Hall–Kier alpha value is -1.55. The topological polar surface area (TPSA) is 38.8 Å². The number of nitrogens with zero attached hydrogens (tertiary/aromatic N) is 1. The maximum absolute atomic E-state index is 11.4. The molecule has 122 valence electrons. The number of carbonyl (C=O) groups is 1. The lowest BCUT2D eigenvalue weighted by Crippen LogP contribution is -2.25. The fourth-order valence-electron chi connectivity index (χ4n) is 3.08. The van der Waals surface area contributed by atoms with E-state index in [1.165, 1.54) is 18.4 Å². The zero-order chi connectivity index (χ0) is 15.8. The Kier molecular flexibility index (Phi) is 6.72. The Labute approximate surface area is 133 Å². The first-order chi connectivity index (χ1) is 10.7. The third-order valence-electron chi connectivity index (χ3n) is 4.07. The van der Waals surface area contributed by atoms with Crippen LogP contribution in [-0.2, 0) is 9.53 Å². The molecule has 1 fully saturated rings. The van der Waals surface area contributed by atoms with Crippen molar-refractivity contribution in [1.82, 2.24) is 4.90 Å². The fourth-order valence-corrected chi connectivity index (χ4v) is 3.08. The Morgan fingerprint density at radius 2 is 2.00 bits per heavy atom. The second-order valence-corrected chi connectivity index (χ2v) is 5.60. The molecule has 0 bridgehead atoms. The molecule has 22 heavy (non-hydrogen) atoms. The van der Waals surface area contributed by atoms with Crippen LogP contribution in [0.15, 0.2) is 24.3 Å². The molecule has 1 unspecified atom stereocenters. The van der Waals surface area contributed by atoms with Gasteiger partial charge < -0.3 is 9.47 Å². The van der Waals surface area contributed by atoms with Crippen LogP contribution in [0.5, 0.6) is 5.75 Å². The highest BCUT2D eigenvalue weighted by atomic mass is 16.5. The lowest BCUT2D eigenvalue weighted by Gasteiger charge is -2.24. The molecule has 4 nitrogen and oxygen atoms in total. The van der Waals surface area contributed by atoms with E-state index < -0.39 is 0 Å². The van der Waals surface area contributed by atoms with E-state index >= 15 is 0 Å². The standard InChI is InChI=1S/C18H27NO3/c1-3-21-16-11-9-15(10-12-16)17-7-5-13-19(17)14-6-8-18(20)22-4-2/h9-12,17H,3-8,13-14H2,1-2H3. The summed E-state index contributed by atoms with van der Waals surface area (Å²) < 4.78 is 10.5. The number of ether oxygens (including phenoxy) is 2. The summed E-state index contributed by atoms with van der Waals surface area (Å²) in [6, 6.07) is 8.90. The van der Waals surface area contributed by atoms with Gasteiger partial charge in [-0.05, 0) is 63.9 Å². The van der Waals surface area contributed by atoms with Gasteiger partial charge in [-0.2, -0.15) is 0 Å². The first-order valence-electron chi connectivity index (χ1n) is 8.37. The molecule has 0 N–H and O–H groups in total. The molecule has 1 aromatic carbocycles. The number of rotatable bonds is 8. The van der Waals surface area contributed by atoms with Gasteiger partial charge in [0.25, 0.3) is 0 Å². The molecular formula is C18H27NO3. The maximum Gasteiger partial charge on any atom is 0.305 e. The van der Waals surface area contributed by atoms with Crippen LogP contribution >= 0.6 is 0 Å². The summed E-state index contributed by atoms with van der Waals surface area (Å²) in [7, 11) is 0. The highest BCUT2D eigenvalue weighted by molar-refractivity contribution is 5.69. The Morgan fingerprint density at radius 1 is 1.23 bits per heavy atom. The molecule has 1 aromatic rings. The molecule has 0 spiro atoms. The lowest BCUT2D eigenvalue weighted by molar-refractivity contribution is -0.143. The zero-order valence-electron chi connectivity index (χ0n) is 13.7. The largest absolute Gasteiger partial charge is 0.494 e. The number of esters is 1. The number of benzene rings is 1. The third kappa shape index (κ3) is 4.73. The molecule has 2 rings (SSSR count). The Bertz CT molecular complexity index is 458. The minimum absolute atomic E-state index is 0.0840. The van der Waals surface area contributed by atoms with Gasteiger partial charge in [-0.25, -0.2) is 0 Å². The molecule has 0 aliphatic carbocycles. The molecule has 1 atom stereocenters. The summed E-state index contributed by atoms with van der Waals surface area (Å²) in [4.78, 5) is 13.9. The van der Waals surface area contributed by atoms with Gasteiger partial charge in [0.15, 0.2) is 0 Å². The minimum atomic E-state index is -0.0840. The molecule has 1 saturated heterocycles. The van der Waals surface area contributed by atoms with Gasteiger partial charge in [0.2, 0.25) is 0 Å². The van der Waals surface area contributed by atoms with Crippen molar-refractivity contribution in [3.8, 4) is 5.75 Å². The number of likely N-dealkylation sites (tertiary alicyclic amines) is 1. The van der Waals surface area contributed by atoms with Crippen LogP contribution in [0.1, 0.15) is 51.1 Å². The minimum Gasteiger partial charge on any atom is -0.494 e. The Balaban J connectivity index is 1.85. The Morgan fingerprint density at radius 3 is 2.68 bits per heavy atom. The van der Waals surface area contributed by atoms with Crippen LogP contribution in [0.2, 0.25) is 0 Å². The monoisotopic (exact) mass is 305 g/mol. The van der Waals surface area contributed by atoms with Crippen LogP contribution in [0, 0.1) is 0 Å². The van der Waals surface area contributed by atoms with Crippen molar-refractivity contribution >= 4 is 5.97 Å². The average Bonchev–Trinajstić information content (AvgIpc) is 2.97. The van der Waals surface area contributed by atoms with Gasteiger partial charge in [-0.1, -0.05) is 12.1 Å². The van der Waals surface area contributed by atoms with Crippen LogP contribution in [0.4, 0.5) is 0 Å². The van der Waals surface area contributed by atoms with Crippen LogP contribution in [-0.4, -0.2) is 37.2 Å². The summed E-state index contributed by atoms with van der Waals surface area (Å²) in [5.74, 6) is 0.845. The fraction of sp³-hybridized carbons (Fsp3) is 0.611. The summed E-state index contributed by atoms with van der Waals surface area (Å²) in [6.45, 7) is 7.08. The van der Waals surface area contributed by atoms with Crippen LogP contribution < -0.4 is 4.74 Å². The predicted octanol–water partition coefficient (Wildman–Crippen LogP) is 3.57. The van der Waals surface area contributed by atoms with Crippen molar-refractivity contribution < 1.29 is 14.3 Å². The van der Waals surface area contributed by atoms with Gasteiger partial charge >= 0.3 is 5.97 Å². The molecule has 0 radical (unpaired) electrons. The molecule has 1 aliphatic rings. The quantitative estimate of drug-likeness (QED) is 0.688. The average molecular weight is 305 g/mol. The van der Waals surface area contributed by atoms with Crippen molar-refractivity contribution in [2.75, 3.05) is 26.3 Å². The first kappa shape index (κ1) is 16.8. The van der Waals surface area contributed by atoms with Gasteiger partial charge in [-0.15, -0.1) is 0 Å². The van der Waals surface area contributed by atoms with Crippen molar-refractivity contribution in [3.63, 3.8) is 0 Å². The van der Waals surface area contributed by atoms with E-state index in [4.69, 9.17) is 9.47 Å². The molecule has 0 aromatic heterocycles. The van der Waals surface area contributed by atoms with Crippen molar-refractivity contribution in [1.29, 1.82) is 0 Å². The van der Waals surface area contributed by atoms with E-state index in [0.717, 1.165) is 25.3 Å². The number of hydrogen-bond acceptors (Lipinski definition) is 4. The van der Waals surface area contributed by atoms with Crippen LogP contribution in [0.25, 0.3) is 0 Å². The van der Waals surface area contributed by atoms with E-state index in [0.29, 0.717) is 25.7 Å². The lowest BCUT2D eigenvalue weighted by atomic mass is 10.0. The molecular weight excluding hydrogens is 278 g/mol. The molecule has 4 heteroatoms. The third-order valence-corrected chi connectivity index (χ3v) is 4.07. The second kappa shape index (κ2) is 8.79. The van der Waals surface area contributed by atoms with Crippen LogP contribution in [0.3, 0.4) is 0 Å². The van der Waals surface area contributed by atoms with Crippen molar-refractivity contribution in [3.05, 3.63) is 29.8 Å². The zero-order valence-corrected chi connectivity index (χ0v) is 13.7. The number of hydrogen-bond donors (Lipinski definition) is 0. The predicted molar refractivity (Wildman–Crippen MR) is 87.0 cm³/mol. The maximum atomic E-state index is 11.4. The number of carbonyl (C=O) groups excluding carboxylic acids is 1. The summed E-state index contributed by atoms with van der Waals surface area (Å²) in [5.41, 5.74) is 1.34. The highest BCUT2D eigenvalue weighted by Crippen LogP contribution is 2.32. The van der Waals surface area contributed by atoms with Gasteiger partial charge in [0.1, 0.15) is 5.75 Å². The molecule has 0 amide bonds. The van der Waals surface area contributed by atoms with E-state index in [9.17, 15) is 4.79 Å². The van der Waals surface area contributed by atoms with E-state index in [2.05, 4.69) is 17.0 Å². The van der Waals surface area contributed by atoms with Gasteiger partial charge in [0, 0.05) is 12.5 Å². The van der Waals surface area contributed by atoms with E-state index in [1.807, 2.05) is 26.0 Å². The summed E-state index contributed by atoms with van der Waals surface area (Å²) in [5, 5.41) is 0. The SMILES string of the molecule is CCOC(=O)CCCN1CCCC1c1ccc(OCC)cc1. The summed E-state index contributed by atoms with van der Waals surface area (Å²) >= 11 is 0. The first-order valence-corrected chi connectivity index (χ1v) is 8.37. The van der Waals surface area contributed by atoms with Gasteiger partial charge in [0.05, 0.1) is 13.2 Å². The second-order valence-electron chi connectivity index (χ2n) is 5.60. The molecule has 1 aliphatic heterocycles. The molecule has 0 saturated carbocycles. The van der Waals surface area contributed by atoms with E-state index in [-0.39, 0.29) is 5.97 Å². The molecule has 1 heterocycles. The van der Waals surface area contributed by atoms with Crippen molar-refractivity contribution in [2.24, 2.45) is 0 Å². The smallest absolute Gasteiger partial charge is 0.305 e. The summed E-state index contributed by atoms with van der Waals surface area (Å²) in [6.07, 6.45) is 3.79.